The van der Waals surface area contributed by atoms with Gasteiger partial charge < -0.3 is 10.1 Å². The van der Waals surface area contributed by atoms with Gasteiger partial charge in [-0.1, -0.05) is 6.07 Å². The van der Waals surface area contributed by atoms with Gasteiger partial charge in [0.05, 0.1) is 22.5 Å². The molecule has 0 saturated carbocycles. The van der Waals surface area contributed by atoms with E-state index in [0.717, 1.165) is 35.3 Å². The zero-order valence-electron chi connectivity index (χ0n) is 14.8. The molecule has 0 radical (unpaired) electrons. The van der Waals surface area contributed by atoms with Gasteiger partial charge in [0, 0.05) is 0 Å². The highest BCUT2D eigenvalue weighted by Crippen LogP contribution is 2.33. The molecule has 12 heteroatoms. The van der Waals surface area contributed by atoms with Gasteiger partial charge in [0.15, 0.2) is 6.61 Å². The van der Waals surface area contributed by atoms with Crippen LogP contribution in [0, 0.1) is 0 Å². The van der Waals surface area contributed by atoms with Crippen LogP contribution in [-0.2, 0) is 17.1 Å². The molecule has 158 valence electrons. The average molecular weight is 430 g/mol. The Bertz CT molecular complexity index is 1030. The van der Waals surface area contributed by atoms with Gasteiger partial charge in [-0.25, -0.2) is 9.67 Å². The zero-order valence-corrected chi connectivity index (χ0v) is 14.8. The third-order valence-corrected chi connectivity index (χ3v) is 3.79. The van der Waals surface area contributed by atoms with Crippen molar-refractivity contribution in [3.8, 4) is 11.4 Å². The first-order valence-corrected chi connectivity index (χ1v) is 8.20. The Kier molecular flexibility index (Phi) is 5.67. The number of carbonyl (C=O) groups is 1. The van der Waals surface area contributed by atoms with Crippen LogP contribution in [0.4, 0.5) is 32.0 Å². The lowest BCUT2D eigenvalue weighted by Gasteiger charge is -2.15. The van der Waals surface area contributed by atoms with Gasteiger partial charge in [0.25, 0.3) is 5.91 Å². The molecule has 2 aromatic carbocycles. The molecule has 1 amide bonds. The van der Waals surface area contributed by atoms with Crippen LogP contribution in [0.3, 0.4) is 0 Å². The summed E-state index contributed by atoms with van der Waals surface area (Å²) in [6, 6.07) is 6.48. The first-order valence-electron chi connectivity index (χ1n) is 8.20. The molecule has 0 bridgehead atoms. The van der Waals surface area contributed by atoms with Gasteiger partial charge in [0.2, 0.25) is 0 Å². The van der Waals surface area contributed by atoms with E-state index in [1.165, 1.54) is 12.4 Å². The number of carbonyl (C=O) groups excluding carboxylic acids is 1. The Hall–Kier alpha value is -3.57. The molecule has 0 atom stereocenters. The largest absolute Gasteiger partial charge is 0.484 e. The van der Waals surface area contributed by atoms with Crippen LogP contribution in [0.1, 0.15) is 11.1 Å². The van der Waals surface area contributed by atoms with Gasteiger partial charge in [0.1, 0.15) is 18.4 Å². The van der Waals surface area contributed by atoms with Crippen molar-refractivity contribution in [3.05, 3.63) is 66.2 Å². The number of benzene rings is 2. The maximum Gasteiger partial charge on any atom is 0.416 e. The Labute approximate surface area is 165 Å². The molecule has 0 spiro atoms. The third kappa shape index (κ3) is 5.07. The summed E-state index contributed by atoms with van der Waals surface area (Å²) in [7, 11) is 0. The van der Waals surface area contributed by atoms with E-state index < -0.39 is 36.0 Å². The predicted molar refractivity (Wildman–Crippen MR) is 91.9 cm³/mol. The van der Waals surface area contributed by atoms with Crippen molar-refractivity contribution in [1.82, 2.24) is 14.8 Å². The van der Waals surface area contributed by atoms with Crippen LogP contribution in [-0.4, -0.2) is 27.3 Å². The lowest BCUT2D eigenvalue weighted by molar-refractivity contribution is -0.138. The summed E-state index contributed by atoms with van der Waals surface area (Å²) in [6.07, 6.45) is -6.88. The second-order valence-electron chi connectivity index (χ2n) is 5.93. The van der Waals surface area contributed by atoms with Crippen LogP contribution >= 0.6 is 0 Å². The number of alkyl halides is 6. The first kappa shape index (κ1) is 21.1. The van der Waals surface area contributed by atoms with Gasteiger partial charge in [-0.15, -0.1) is 0 Å². The molecule has 0 aliphatic rings. The second kappa shape index (κ2) is 8.05. The van der Waals surface area contributed by atoms with Crippen molar-refractivity contribution in [2.45, 2.75) is 12.4 Å². The van der Waals surface area contributed by atoms with Crippen molar-refractivity contribution in [1.29, 1.82) is 0 Å². The number of ether oxygens (including phenoxy) is 1. The summed E-state index contributed by atoms with van der Waals surface area (Å²) >= 11 is 0. The van der Waals surface area contributed by atoms with E-state index in [1.807, 2.05) is 0 Å². The number of nitrogens with zero attached hydrogens (tertiary/aromatic N) is 3. The molecule has 0 aliphatic carbocycles. The van der Waals surface area contributed by atoms with E-state index in [-0.39, 0.29) is 17.1 Å². The highest BCUT2D eigenvalue weighted by Gasteiger charge is 2.32. The van der Waals surface area contributed by atoms with Crippen LogP contribution in [0.25, 0.3) is 5.69 Å². The van der Waals surface area contributed by atoms with E-state index in [4.69, 9.17) is 4.74 Å². The van der Waals surface area contributed by atoms with Gasteiger partial charge in [-0.05, 0) is 36.4 Å². The number of hydrogen-bond acceptors (Lipinski definition) is 4. The van der Waals surface area contributed by atoms with E-state index in [0.29, 0.717) is 12.1 Å². The van der Waals surface area contributed by atoms with Gasteiger partial charge in [-0.3, -0.25) is 4.79 Å². The van der Waals surface area contributed by atoms with E-state index >= 15 is 0 Å². The topological polar surface area (TPSA) is 69.0 Å². The number of aromatic nitrogens is 3. The SMILES string of the molecule is O=C(COc1cccc(C(F)(F)F)c1)Nc1cc(C(F)(F)F)ccc1-n1cncn1. The highest BCUT2D eigenvalue weighted by molar-refractivity contribution is 5.94. The molecule has 0 unspecified atom stereocenters. The van der Waals surface area contributed by atoms with E-state index in [9.17, 15) is 31.1 Å². The van der Waals surface area contributed by atoms with Crippen molar-refractivity contribution >= 4 is 11.6 Å². The monoisotopic (exact) mass is 430 g/mol. The van der Waals surface area contributed by atoms with Crippen molar-refractivity contribution in [3.63, 3.8) is 0 Å². The number of halogens is 6. The maximum absolute atomic E-state index is 13.0. The lowest BCUT2D eigenvalue weighted by atomic mass is 10.1. The minimum Gasteiger partial charge on any atom is -0.484 e. The smallest absolute Gasteiger partial charge is 0.416 e. The minimum absolute atomic E-state index is 0.105. The molecule has 6 nitrogen and oxygen atoms in total. The molecule has 1 heterocycles. The minimum atomic E-state index is -4.66. The molecular weight excluding hydrogens is 418 g/mol. The second-order valence-corrected chi connectivity index (χ2v) is 5.93. The molecule has 0 aliphatic heterocycles. The summed E-state index contributed by atoms with van der Waals surface area (Å²) in [5, 5.41) is 6.06. The molecule has 1 N–H and O–H groups in total. The van der Waals surface area contributed by atoms with E-state index in [2.05, 4.69) is 15.4 Å². The summed E-state index contributed by atoms with van der Waals surface area (Å²) in [4.78, 5) is 15.9. The fraction of sp³-hybridized carbons (Fsp3) is 0.167. The third-order valence-electron chi connectivity index (χ3n) is 3.79. The number of hydrogen-bond donors (Lipinski definition) is 1. The fourth-order valence-electron chi connectivity index (χ4n) is 2.44. The standard InChI is InChI=1S/C18H12F6N4O2/c19-17(20,21)11-2-1-3-13(6-11)30-8-16(29)27-14-7-12(18(22,23)24)4-5-15(14)28-10-25-9-26-28/h1-7,9-10H,8H2,(H,27,29). The van der Waals surface area contributed by atoms with Crippen LogP contribution in [0.5, 0.6) is 5.75 Å². The fourth-order valence-corrected chi connectivity index (χ4v) is 2.44. The number of nitrogens with one attached hydrogen (secondary N) is 1. The lowest BCUT2D eigenvalue weighted by Crippen LogP contribution is -2.22. The number of amides is 1. The molecule has 3 rings (SSSR count). The molecule has 3 aromatic rings. The van der Waals surface area contributed by atoms with Crippen molar-refractivity contribution < 1.29 is 35.9 Å². The van der Waals surface area contributed by atoms with Crippen molar-refractivity contribution in [2.75, 3.05) is 11.9 Å². The van der Waals surface area contributed by atoms with Crippen LogP contribution in [0.2, 0.25) is 0 Å². The quantitative estimate of drug-likeness (QED) is 0.613. The molecule has 0 saturated heterocycles. The summed E-state index contributed by atoms with van der Waals surface area (Å²) in [5.74, 6) is -1.10. The average Bonchev–Trinajstić information content (AvgIpc) is 3.20. The summed E-state index contributed by atoms with van der Waals surface area (Å²) < 4.78 is 83.4. The highest BCUT2D eigenvalue weighted by atomic mass is 19.4. The Balaban J connectivity index is 1.77. The number of anilines is 1. The Morgan fingerprint density at radius 1 is 1.00 bits per heavy atom. The molecule has 0 fully saturated rings. The van der Waals surface area contributed by atoms with Gasteiger partial charge >= 0.3 is 12.4 Å². The summed E-state index contributed by atoms with van der Waals surface area (Å²) in [5.41, 5.74) is -2.10. The number of rotatable bonds is 5. The van der Waals surface area contributed by atoms with E-state index in [1.54, 1.807) is 0 Å². The van der Waals surface area contributed by atoms with Crippen LogP contribution in [0.15, 0.2) is 55.1 Å². The predicted octanol–water partition coefficient (Wildman–Crippen LogP) is 4.32. The molecular formula is C18H12F6N4O2. The van der Waals surface area contributed by atoms with Crippen LogP contribution < -0.4 is 10.1 Å². The summed E-state index contributed by atoms with van der Waals surface area (Å²) in [6.45, 7) is -0.728. The maximum atomic E-state index is 13.0. The molecule has 1 aromatic heterocycles. The first-order chi connectivity index (χ1) is 14.0. The van der Waals surface area contributed by atoms with Gasteiger partial charge in [-0.2, -0.15) is 31.4 Å². The van der Waals surface area contributed by atoms with Crippen molar-refractivity contribution in [2.24, 2.45) is 0 Å². The Morgan fingerprint density at radius 2 is 1.70 bits per heavy atom. The normalized spacial score (nSPS) is 11.9. The Morgan fingerprint density at radius 3 is 2.33 bits per heavy atom. The zero-order chi connectivity index (χ0) is 21.9. The molecule has 30 heavy (non-hydrogen) atoms.